The lowest BCUT2D eigenvalue weighted by atomic mass is 10.1. The molecule has 0 aromatic heterocycles. The second-order valence-corrected chi connectivity index (χ2v) is 4.46. The van der Waals surface area contributed by atoms with Crippen LogP contribution in [0.2, 0.25) is 5.02 Å². The van der Waals surface area contributed by atoms with Gasteiger partial charge in [-0.05, 0) is 48.4 Å². The molecule has 0 fully saturated rings. The molecule has 0 saturated heterocycles. The van der Waals surface area contributed by atoms with Gasteiger partial charge < -0.3 is 4.74 Å². The predicted molar refractivity (Wildman–Crippen MR) is 76.9 cm³/mol. The van der Waals surface area contributed by atoms with Crippen molar-refractivity contribution in [1.82, 2.24) is 0 Å². The first-order chi connectivity index (χ1) is 9.17. The molecule has 0 saturated carbocycles. The van der Waals surface area contributed by atoms with Crippen molar-refractivity contribution >= 4 is 23.4 Å². The van der Waals surface area contributed by atoms with Crippen molar-refractivity contribution in [3.63, 3.8) is 0 Å². The van der Waals surface area contributed by atoms with Gasteiger partial charge in [0.2, 0.25) is 0 Å². The molecule has 0 aliphatic rings. The average molecular weight is 276 g/mol. The summed E-state index contributed by atoms with van der Waals surface area (Å²) in [6.45, 7) is 2.06. The van der Waals surface area contributed by atoms with Gasteiger partial charge in [0.05, 0.1) is 0 Å². The molecule has 2 aromatic rings. The molecule has 4 heteroatoms. The van der Waals surface area contributed by atoms with E-state index in [-0.39, 0.29) is 0 Å². The fourth-order valence-corrected chi connectivity index (χ4v) is 1.75. The first-order valence-corrected chi connectivity index (χ1v) is 6.38. The maximum absolute atomic E-state index is 11.7. The number of nitrogens with one attached hydrogen (secondary N) is 1. The molecule has 0 heterocycles. The van der Waals surface area contributed by atoms with Crippen molar-refractivity contribution in [3.8, 4) is 5.75 Å². The summed E-state index contributed by atoms with van der Waals surface area (Å²) in [5, 5.41) is 3.29. The molecular formula is C15H14ClNO2. The van der Waals surface area contributed by atoms with Crippen molar-refractivity contribution < 1.29 is 9.53 Å². The van der Waals surface area contributed by atoms with Crippen LogP contribution in [-0.2, 0) is 6.42 Å². The third-order valence-electron chi connectivity index (χ3n) is 2.61. The Labute approximate surface area is 117 Å². The number of aryl methyl sites for hydroxylation is 1. The van der Waals surface area contributed by atoms with Crippen LogP contribution in [-0.4, -0.2) is 6.09 Å². The SMILES string of the molecule is CCc1cccc(NC(=O)Oc2ccc(Cl)cc2)c1. The Kier molecular flexibility index (Phi) is 4.42. The molecule has 0 atom stereocenters. The van der Waals surface area contributed by atoms with Gasteiger partial charge in [-0.15, -0.1) is 0 Å². The van der Waals surface area contributed by atoms with Crippen molar-refractivity contribution in [2.75, 3.05) is 5.32 Å². The monoisotopic (exact) mass is 275 g/mol. The van der Waals surface area contributed by atoms with Crippen LogP contribution in [0.5, 0.6) is 5.75 Å². The zero-order valence-electron chi connectivity index (χ0n) is 10.5. The molecule has 19 heavy (non-hydrogen) atoms. The van der Waals surface area contributed by atoms with Gasteiger partial charge in [0.1, 0.15) is 5.75 Å². The van der Waals surface area contributed by atoms with Crippen LogP contribution in [0, 0.1) is 0 Å². The molecule has 2 rings (SSSR count). The highest BCUT2D eigenvalue weighted by Gasteiger charge is 2.05. The summed E-state index contributed by atoms with van der Waals surface area (Å²) in [5.41, 5.74) is 1.88. The quantitative estimate of drug-likeness (QED) is 0.895. The maximum Gasteiger partial charge on any atom is 0.417 e. The van der Waals surface area contributed by atoms with Crippen LogP contribution in [0.1, 0.15) is 12.5 Å². The Bertz CT molecular complexity index is 567. The highest BCUT2D eigenvalue weighted by Crippen LogP contribution is 2.17. The van der Waals surface area contributed by atoms with Crippen molar-refractivity contribution in [2.24, 2.45) is 0 Å². The van der Waals surface area contributed by atoms with Crippen molar-refractivity contribution in [3.05, 3.63) is 59.1 Å². The molecule has 1 amide bonds. The average Bonchev–Trinajstić information content (AvgIpc) is 2.41. The number of ether oxygens (including phenoxy) is 1. The molecule has 3 nitrogen and oxygen atoms in total. The normalized spacial score (nSPS) is 10.0. The number of hydrogen-bond donors (Lipinski definition) is 1. The van der Waals surface area contributed by atoms with Crippen molar-refractivity contribution in [2.45, 2.75) is 13.3 Å². The van der Waals surface area contributed by atoms with Crippen LogP contribution in [0.3, 0.4) is 0 Å². The van der Waals surface area contributed by atoms with Gasteiger partial charge in [-0.1, -0.05) is 30.7 Å². The van der Waals surface area contributed by atoms with E-state index in [2.05, 4.69) is 12.2 Å². The van der Waals surface area contributed by atoms with E-state index in [9.17, 15) is 4.79 Å². The minimum absolute atomic E-state index is 0.452. The molecule has 0 aliphatic carbocycles. The fraction of sp³-hybridized carbons (Fsp3) is 0.133. The topological polar surface area (TPSA) is 38.3 Å². The molecule has 0 radical (unpaired) electrons. The number of amides is 1. The number of rotatable bonds is 3. The first kappa shape index (κ1) is 13.4. The van der Waals surface area contributed by atoms with E-state index in [1.54, 1.807) is 24.3 Å². The largest absolute Gasteiger partial charge is 0.417 e. The molecule has 2 aromatic carbocycles. The Morgan fingerprint density at radius 1 is 1.21 bits per heavy atom. The Morgan fingerprint density at radius 3 is 2.63 bits per heavy atom. The molecular weight excluding hydrogens is 262 g/mol. The molecule has 0 unspecified atom stereocenters. The smallest absolute Gasteiger partial charge is 0.410 e. The second-order valence-electron chi connectivity index (χ2n) is 4.02. The highest BCUT2D eigenvalue weighted by atomic mass is 35.5. The zero-order valence-corrected chi connectivity index (χ0v) is 11.3. The lowest BCUT2D eigenvalue weighted by Crippen LogP contribution is -2.16. The maximum atomic E-state index is 11.7. The highest BCUT2D eigenvalue weighted by molar-refractivity contribution is 6.30. The van der Waals surface area contributed by atoms with E-state index in [1.165, 1.54) is 0 Å². The molecule has 0 spiro atoms. The van der Waals surface area contributed by atoms with Gasteiger partial charge >= 0.3 is 6.09 Å². The molecule has 1 N–H and O–H groups in total. The number of benzene rings is 2. The van der Waals surface area contributed by atoms with Crippen LogP contribution < -0.4 is 10.1 Å². The number of halogens is 1. The summed E-state index contributed by atoms with van der Waals surface area (Å²) in [4.78, 5) is 11.7. The van der Waals surface area contributed by atoms with Gasteiger partial charge in [0, 0.05) is 10.7 Å². The summed E-state index contributed by atoms with van der Waals surface area (Å²) in [5.74, 6) is 0.452. The Hall–Kier alpha value is -2.00. The summed E-state index contributed by atoms with van der Waals surface area (Å²) in [7, 11) is 0. The minimum atomic E-state index is -0.518. The van der Waals surface area contributed by atoms with Crippen LogP contribution >= 0.6 is 11.6 Å². The van der Waals surface area contributed by atoms with Gasteiger partial charge in [0.25, 0.3) is 0 Å². The number of anilines is 1. The standard InChI is InChI=1S/C15H14ClNO2/c1-2-11-4-3-5-13(10-11)17-15(18)19-14-8-6-12(16)7-9-14/h3-10H,2H2,1H3,(H,17,18). The van der Waals surface area contributed by atoms with Crippen molar-refractivity contribution in [1.29, 1.82) is 0 Å². The second kappa shape index (κ2) is 6.25. The molecule has 0 aliphatic heterocycles. The molecule has 98 valence electrons. The van der Waals surface area contributed by atoms with E-state index < -0.39 is 6.09 Å². The van der Waals surface area contributed by atoms with Gasteiger partial charge in [-0.2, -0.15) is 0 Å². The fourth-order valence-electron chi connectivity index (χ4n) is 1.62. The Morgan fingerprint density at radius 2 is 1.95 bits per heavy atom. The third kappa shape index (κ3) is 4.00. The summed E-state index contributed by atoms with van der Waals surface area (Å²) in [6, 6.07) is 14.3. The van der Waals surface area contributed by atoms with E-state index >= 15 is 0 Å². The molecule has 0 bridgehead atoms. The van der Waals surface area contributed by atoms with E-state index in [0.29, 0.717) is 10.8 Å². The van der Waals surface area contributed by atoms with E-state index in [0.717, 1.165) is 17.7 Å². The zero-order chi connectivity index (χ0) is 13.7. The van der Waals surface area contributed by atoms with E-state index in [4.69, 9.17) is 16.3 Å². The third-order valence-corrected chi connectivity index (χ3v) is 2.86. The Balaban J connectivity index is 1.99. The van der Waals surface area contributed by atoms with Crippen LogP contribution in [0.25, 0.3) is 0 Å². The number of carbonyl (C=O) groups excluding carboxylic acids is 1. The van der Waals surface area contributed by atoms with E-state index in [1.807, 2.05) is 24.3 Å². The number of hydrogen-bond acceptors (Lipinski definition) is 2. The van der Waals surface area contributed by atoms with Gasteiger partial charge in [0.15, 0.2) is 0 Å². The lowest BCUT2D eigenvalue weighted by molar-refractivity contribution is 0.215. The lowest BCUT2D eigenvalue weighted by Gasteiger charge is -2.07. The summed E-state index contributed by atoms with van der Waals surface area (Å²) in [6.07, 6.45) is 0.400. The van der Waals surface area contributed by atoms with Gasteiger partial charge in [-0.3, -0.25) is 5.32 Å². The van der Waals surface area contributed by atoms with Crippen LogP contribution in [0.4, 0.5) is 10.5 Å². The van der Waals surface area contributed by atoms with Gasteiger partial charge in [-0.25, -0.2) is 4.79 Å². The summed E-state index contributed by atoms with van der Waals surface area (Å²) >= 11 is 5.76. The minimum Gasteiger partial charge on any atom is -0.410 e. The summed E-state index contributed by atoms with van der Waals surface area (Å²) < 4.78 is 5.14. The number of carbonyl (C=O) groups is 1. The first-order valence-electron chi connectivity index (χ1n) is 6.00. The van der Waals surface area contributed by atoms with Crippen LogP contribution in [0.15, 0.2) is 48.5 Å². The predicted octanol–water partition coefficient (Wildman–Crippen LogP) is 4.51.